The molecule has 1 N–H and O–H groups in total. The summed E-state index contributed by atoms with van der Waals surface area (Å²) in [6, 6.07) is 9.92. The average Bonchev–Trinajstić information content (AvgIpc) is 2.67. The zero-order valence-electron chi connectivity index (χ0n) is 16.1. The zero-order valence-corrected chi connectivity index (χ0v) is 16.1. The molecule has 1 atom stereocenters. The number of hydrogen-bond acceptors (Lipinski definition) is 5. The number of rotatable bonds is 7. The van der Waals surface area contributed by atoms with E-state index in [-0.39, 0.29) is 23.1 Å². The molecule has 0 radical (unpaired) electrons. The molecule has 0 saturated carbocycles. The number of esters is 1. The molecule has 7 heteroatoms. The van der Waals surface area contributed by atoms with Crippen molar-refractivity contribution < 1.29 is 28.2 Å². The SMILES string of the molecule is COc1ccc(C(=O)O[C@@H](C)C(=O)c2ccc(NC(=O)C(C)C)cc2)cc1F. The lowest BCUT2D eigenvalue weighted by Crippen LogP contribution is -2.24. The van der Waals surface area contributed by atoms with Crippen LogP contribution in [0.25, 0.3) is 0 Å². The van der Waals surface area contributed by atoms with E-state index in [1.165, 1.54) is 38.3 Å². The van der Waals surface area contributed by atoms with Gasteiger partial charge in [0.25, 0.3) is 0 Å². The summed E-state index contributed by atoms with van der Waals surface area (Å²) in [5.74, 6) is -2.22. The first-order valence-corrected chi connectivity index (χ1v) is 8.72. The maximum absolute atomic E-state index is 13.7. The van der Waals surface area contributed by atoms with E-state index in [4.69, 9.17) is 9.47 Å². The summed E-state index contributed by atoms with van der Waals surface area (Å²) in [5.41, 5.74) is 0.863. The van der Waals surface area contributed by atoms with E-state index in [9.17, 15) is 18.8 Å². The predicted molar refractivity (Wildman–Crippen MR) is 102 cm³/mol. The summed E-state index contributed by atoms with van der Waals surface area (Å²) < 4.78 is 23.7. The second-order valence-corrected chi connectivity index (χ2v) is 6.48. The predicted octanol–water partition coefficient (Wildman–Crippen LogP) is 3.86. The van der Waals surface area contributed by atoms with Gasteiger partial charge in [-0.15, -0.1) is 0 Å². The highest BCUT2D eigenvalue weighted by atomic mass is 19.1. The van der Waals surface area contributed by atoms with Gasteiger partial charge >= 0.3 is 5.97 Å². The first kappa shape index (κ1) is 21.1. The first-order chi connectivity index (χ1) is 13.2. The van der Waals surface area contributed by atoms with Crippen LogP contribution >= 0.6 is 0 Å². The Morgan fingerprint density at radius 1 is 0.964 bits per heavy atom. The summed E-state index contributed by atoms with van der Waals surface area (Å²) in [5, 5.41) is 2.72. The van der Waals surface area contributed by atoms with Gasteiger partial charge in [-0.1, -0.05) is 13.8 Å². The molecule has 0 bridgehead atoms. The largest absolute Gasteiger partial charge is 0.494 e. The summed E-state index contributed by atoms with van der Waals surface area (Å²) in [6.07, 6.45) is -1.06. The van der Waals surface area contributed by atoms with Crippen molar-refractivity contribution in [2.45, 2.75) is 26.9 Å². The Hall–Kier alpha value is -3.22. The Labute approximate surface area is 162 Å². The quantitative estimate of drug-likeness (QED) is 0.576. The number of amides is 1. The second kappa shape index (κ2) is 9.12. The molecule has 2 rings (SSSR count). The molecule has 0 heterocycles. The molecule has 0 aliphatic heterocycles. The molecular weight excluding hydrogens is 365 g/mol. The van der Waals surface area contributed by atoms with Gasteiger partial charge in [0, 0.05) is 17.2 Å². The molecule has 0 spiro atoms. The fraction of sp³-hybridized carbons (Fsp3) is 0.286. The van der Waals surface area contributed by atoms with E-state index < -0.39 is 23.7 Å². The van der Waals surface area contributed by atoms with Crippen molar-refractivity contribution in [2.75, 3.05) is 12.4 Å². The van der Waals surface area contributed by atoms with Crippen molar-refractivity contribution in [1.29, 1.82) is 0 Å². The van der Waals surface area contributed by atoms with Crippen LogP contribution in [0.2, 0.25) is 0 Å². The van der Waals surface area contributed by atoms with Crippen molar-refractivity contribution in [3.8, 4) is 5.75 Å². The van der Waals surface area contributed by atoms with Gasteiger partial charge in [-0.2, -0.15) is 0 Å². The third-order valence-corrected chi connectivity index (χ3v) is 4.00. The number of benzene rings is 2. The van der Waals surface area contributed by atoms with Crippen molar-refractivity contribution in [1.82, 2.24) is 0 Å². The molecule has 6 nitrogen and oxygen atoms in total. The van der Waals surface area contributed by atoms with Crippen LogP contribution in [0.3, 0.4) is 0 Å². The molecule has 0 fully saturated rings. The number of ether oxygens (including phenoxy) is 2. The Kier molecular flexibility index (Phi) is 6.87. The second-order valence-electron chi connectivity index (χ2n) is 6.48. The Morgan fingerprint density at radius 3 is 2.11 bits per heavy atom. The fourth-order valence-corrected chi connectivity index (χ4v) is 2.31. The van der Waals surface area contributed by atoms with E-state index in [0.29, 0.717) is 11.3 Å². The van der Waals surface area contributed by atoms with Crippen LogP contribution in [0, 0.1) is 11.7 Å². The smallest absolute Gasteiger partial charge is 0.338 e. The summed E-state index contributed by atoms with van der Waals surface area (Å²) >= 11 is 0. The minimum atomic E-state index is -1.06. The highest BCUT2D eigenvalue weighted by Gasteiger charge is 2.21. The van der Waals surface area contributed by atoms with Crippen molar-refractivity contribution in [3.05, 3.63) is 59.4 Å². The van der Waals surface area contributed by atoms with E-state index >= 15 is 0 Å². The van der Waals surface area contributed by atoms with Crippen molar-refractivity contribution >= 4 is 23.3 Å². The third-order valence-electron chi connectivity index (χ3n) is 4.00. The summed E-state index contributed by atoms with van der Waals surface area (Å²) in [6.45, 7) is 4.99. The molecule has 0 aromatic heterocycles. The van der Waals surface area contributed by atoms with Crippen LogP contribution in [-0.2, 0) is 9.53 Å². The number of nitrogens with one attached hydrogen (secondary N) is 1. The van der Waals surface area contributed by atoms with Crippen LogP contribution in [0.15, 0.2) is 42.5 Å². The first-order valence-electron chi connectivity index (χ1n) is 8.72. The maximum Gasteiger partial charge on any atom is 0.338 e. The third kappa shape index (κ3) is 5.16. The fourth-order valence-electron chi connectivity index (χ4n) is 2.31. The van der Waals surface area contributed by atoms with Crippen LogP contribution in [0.5, 0.6) is 5.75 Å². The lowest BCUT2D eigenvalue weighted by molar-refractivity contribution is -0.118. The molecule has 28 heavy (non-hydrogen) atoms. The standard InChI is InChI=1S/C21H22FNO5/c1-12(2)20(25)23-16-8-5-14(6-9-16)19(24)13(3)28-21(26)15-7-10-18(27-4)17(22)11-15/h5-13H,1-4H3,(H,23,25)/t13-/m0/s1. The lowest BCUT2D eigenvalue weighted by atomic mass is 10.1. The highest BCUT2D eigenvalue weighted by Crippen LogP contribution is 2.19. The van der Waals surface area contributed by atoms with Crippen molar-refractivity contribution in [2.24, 2.45) is 5.92 Å². The molecule has 0 saturated heterocycles. The minimum absolute atomic E-state index is 0.00493. The topological polar surface area (TPSA) is 81.7 Å². The number of hydrogen-bond donors (Lipinski definition) is 1. The van der Waals surface area contributed by atoms with Gasteiger partial charge in [-0.3, -0.25) is 9.59 Å². The maximum atomic E-state index is 13.7. The van der Waals surface area contributed by atoms with Gasteiger partial charge in [0.05, 0.1) is 12.7 Å². The lowest BCUT2D eigenvalue weighted by Gasteiger charge is -2.13. The van der Waals surface area contributed by atoms with Gasteiger partial charge in [0.15, 0.2) is 17.7 Å². The van der Waals surface area contributed by atoms with Gasteiger partial charge < -0.3 is 14.8 Å². The van der Waals surface area contributed by atoms with Gasteiger partial charge in [-0.05, 0) is 49.4 Å². The van der Waals surface area contributed by atoms with Gasteiger partial charge in [0.1, 0.15) is 0 Å². The van der Waals surface area contributed by atoms with Crippen LogP contribution in [0.4, 0.5) is 10.1 Å². The molecule has 0 aliphatic carbocycles. The number of Topliss-reactive ketones (excluding diaryl/α,β-unsaturated/α-hetero) is 1. The molecule has 0 unspecified atom stereocenters. The van der Waals surface area contributed by atoms with Gasteiger partial charge in [-0.25, -0.2) is 9.18 Å². The van der Waals surface area contributed by atoms with E-state index in [0.717, 1.165) is 6.07 Å². The summed E-state index contributed by atoms with van der Waals surface area (Å²) in [4.78, 5) is 36.3. The molecule has 148 valence electrons. The number of carbonyl (C=O) groups is 3. The summed E-state index contributed by atoms with van der Waals surface area (Å²) in [7, 11) is 1.32. The van der Waals surface area contributed by atoms with E-state index in [1.54, 1.807) is 26.0 Å². The molecular formula is C21H22FNO5. The molecule has 0 aliphatic rings. The van der Waals surface area contributed by atoms with Crippen LogP contribution in [0.1, 0.15) is 41.5 Å². The molecule has 2 aromatic carbocycles. The zero-order chi connectivity index (χ0) is 20.8. The van der Waals surface area contributed by atoms with Crippen LogP contribution in [-0.4, -0.2) is 30.9 Å². The van der Waals surface area contributed by atoms with Gasteiger partial charge in [0.2, 0.25) is 11.7 Å². The number of halogens is 1. The number of methoxy groups -OCH3 is 1. The number of anilines is 1. The van der Waals surface area contributed by atoms with Crippen molar-refractivity contribution in [3.63, 3.8) is 0 Å². The monoisotopic (exact) mass is 387 g/mol. The Balaban J connectivity index is 2.02. The molecule has 2 aromatic rings. The number of carbonyl (C=O) groups excluding carboxylic acids is 3. The minimum Gasteiger partial charge on any atom is -0.494 e. The normalized spacial score (nSPS) is 11.6. The average molecular weight is 387 g/mol. The highest BCUT2D eigenvalue weighted by molar-refractivity contribution is 6.02. The van der Waals surface area contributed by atoms with E-state index in [2.05, 4.69) is 5.32 Å². The number of ketones is 1. The van der Waals surface area contributed by atoms with E-state index in [1.807, 2.05) is 0 Å². The Bertz CT molecular complexity index is 877. The molecule has 1 amide bonds. The Morgan fingerprint density at radius 2 is 1.57 bits per heavy atom. The van der Waals surface area contributed by atoms with Crippen LogP contribution < -0.4 is 10.1 Å².